The maximum atomic E-state index is 9.92. The van der Waals surface area contributed by atoms with Crippen molar-refractivity contribution in [1.29, 1.82) is 0 Å². The van der Waals surface area contributed by atoms with Crippen LogP contribution in [0.5, 0.6) is 0 Å². The number of hydrogen-bond acceptors (Lipinski definition) is 1. The third-order valence-corrected chi connectivity index (χ3v) is 4.28. The summed E-state index contributed by atoms with van der Waals surface area (Å²) in [6.07, 6.45) is 8.04. The summed E-state index contributed by atoms with van der Waals surface area (Å²) in [7, 11) is 0. The lowest BCUT2D eigenvalue weighted by Gasteiger charge is -2.21. The van der Waals surface area contributed by atoms with Crippen molar-refractivity contribution in [2.24, 2.45) is 11.8 Å². The fraction of sp³-hybridized carbons (Fsp3) is 0.714. The lowest BCUT2D eigenvalue weighted by Crippen LogP contribution is -2.15. The lowest BCUT2D eigenvalue weighted by molar-refractivity contribution is 0.155. The first-order valence-corrected chi connectivity index (χ1v) is 6.61. The SMILES string of the molecule is CC(Cn1ccc2c1CCCC2O)C1CC1. The second kappa shape index (κ2) is 3.92. The number of aromatic nitrogens is 1. The predicted octanol–water partition coefficient (Wildman–Crippen LogP) is 2.90. The highest BCUT2D eigenvalue weighted by Gasteiger charge is 2.29. The zero-order chi connectivity index (χ0) is 11.1. The van der Waals surface area contributed by atoms with Gasteiger partial charge in [0.2, 0.25) is 0 Å². The molecule has 2 aliphatic carbocycles. The van der Waals surface area contributed by atoms with E-state index in [9.17, 15) is 5.11 Å². The topological polar surface area (TPSA) is 25.2 Å². The van der Waals surface area contributed by atoms with E-state index >= 15 is 0 Å². The van der Waals surface area contributed by atoms with Crippen LogP contribution in [0, 0.1) is 11.8 Å². The van der Waals surface area contributed by atoms with Gasteiger partial charge in [-0.3, -0.25) is 0 Å². The first-order valence-electron chi connectivity index (χ1n) is 6.61. The number of nitrogens with zero attached hydrogens (tertiary/aromatic N) is 1. The largest absolute Gasteiger partial charge is 0.388 e. The van der Waals surface area contributed by atoms with Crippen molar-refractivity contribution in [2.75, 3.05) is 0 Å². The molecule has 0 aliphatic heterocycles. The molecule has 1 N–H and O–H groups in total. The average Bonchev–Trinajstić information content (AvgIpc) is 3.04. The molecule has 1 heterocycles. The molecule has 16 heavy (non-hydrogen) atoms. The van der Waals surface area contributed by atoms with E-state index in [1.807, 2.05) is 0 Å². The molecule has 2 atom stereocenters. The van der Waals surface area contributed by atoms with E-state index in [1.165, 1.54) is 24.1 Å². The maximum Gasteiger partial charge on any atom is 0.0807 e. The molecule has 0 amide bonds. The number of aliphatic hydroxyl groups excluding tert-OH is 1. The van der Waals surface area contributed by atoms with Crippen LogP contribution in [0.3, 0.4) is 0 Å². The van der Waals surface area contributed by atoms with Crippen LogP contribution in [0.2, 0.25) is 0 Å². The van der Waals surface area contributed by atoms with Gasteiger partial charge in [-0.25, -0.2) is 0 Å². The zero-order valence-electron chi connectivity index (χ0n) is 10.0. The third-order valence-electron chi connectivity index (χ3n) is 4.28. The Balaban J connectivity index is 1.79. The van der Waals surface area contributed by atoms with Gasteiger partial charge in [0.25, 0.3) is 0 Å². The molecule has 2 nitrogen and oxygen atoms in total. The second-order valence-electron chi connectivity index (χ2n) is 5.59. The lowest BCUT2D eigenvalue weighted by atomic mass is 9.95. The Morgan fingerprint density at radius 3 is 3.00 bits per heavy atom. The van der Waals surface area contributed by atoms with Crippen LogP contribution >= 0.6 is 0 Å². The average molecular weight is 219 g/mol. The fourth-order valence-electron chi connectivity index (χ4n) is 3.03. The Kier molecular flexibility index (Phi) is 2.55. The Morgan fingerprint density at radius 1 is 1.44 bits per heavy atom. The number of hydrogen-bond donors (Lipinski definition) is 1. The Labute approximate surface area is 97.3 Å². The Morgan fingerprint density at radius 2 is 2.25 bits per heavy atom. The molecule has 0 spiro atoms. The minimum Gasteiger partial charge on any atom is -0.388 e. The van der Waals surface area contributed by atoms with Crippen LogP contribution in [0.1, 0.15) is 50.0 Å². The van der Waals surface area contributed by atoms with Gasteiger partial charge >= 0.3 is 0 Å². The molecule has 2 aliphatic rings. The smallest absolute Gasteiger partial charge is 0.0807 e. The van der Waals surface area contributed by atoms with E-state index in [1.54, 1.807) is 0 Å². The van der Waals surface area contributed by atoms with Gasteiger partial charge in [-0.05, 0) is 50.0 Å². The number of rotatable bonds is 3. The normalized spacial score (nSPS) is 26.5. The van der Waals surface area contributed by atoms with Crippen molar-refractivity contribution >= 4 is 0 Å². The summed E-state index contributed by atoms with van der Waals surface area (Å²) in [5, 5.41) is 9.92. The van der Waals surface area contributed by atoms with Gasteiger partial charge in [-0.15, -0.1) is 0 Å². The van der Waals surface area contributed by atoms with Crippen molar-refractivity contribution in [3.8, 4) is 0 Å². The quantitative estimate of drug-likeness (QED) is 0.830. The minimum atomic E-state index is -0.207. The fourth-order valence-corrected chi connectivity index (χ4v) is 3.03. The summed E-state index contributed by atoms with van der Waals surface area (Å²) >= 11 is 0. The molecule has 1 saturated carbocycles. The van der Waals surface area contributed by atoms with Crippen LogP contribution in [0.4, 0.5) is 0 Å². The minimum absolute atomic E-state index is 0.207. The molecule has 0 aromatic carbocycles. The molecule has 0 bridgehead atoms. The van der Waals surface area contributed by atoms with E-state index in [2.05, 4.69) is 23.8 Å². The van der Waals surface area contributed by atoms with E-state index in [4.69, 9.17) is 0 Å². The van der Waals surface area contributed by atoms with Gasteiger partial charge < -0.3 is 9.67 Å². The van der Waals surface area contributed by atoms with Crippen molar-refractivity contribution in [1.82, 2.24) is 4.57 Å². The second-order valence-corrected chi connectivity index (χ2v) is 5.59. The van der Waals surface area contributed by atoms with E-state index in [0.29, 0.717) is 0 Å². The number of aliphatic hydroxyl groups is 1. The van der Waals surface area contributed by atoms with Crippen LogP contribution in [-0.4, -0.2) is 9.67 Å². The van der Waals surface area contributed by atoms with Gasteiger partial charge in [0.05, 0.1) is 6.10 Å². The summed E-state index contributed by atoms with van der Waals surface area (Å²) in [5.74, 6) is 1.77. The van der Waals surface area contributed by atoms with Crippen LogP contribution in [0.25, 0.3) is 0 Å². The van der Waals surface area contributed by atoms with Crippen molar-refractivity contribution in [2.45, 2.75) is 51.7 Å². The van der Waals surface area contributed by atoms with Crippen LogP contribution in [0.15, 0.2) is 12.3 Å². The molecule has 3 rings (SSSR count). The highest BCUT2D eigenvalue weighted by atomic mass is 16.3. The standard InChI is InChI=1S/C14H21NO/c1-10(11-5-6-11)9-15-8-7-12-13(15)3-2-4-14(12)16/h7-8,10-11,14,16H,2-6,9H2,1H3. The highest BCUT2D eigenvalue weighted by Crippen LogP contribution is 2.38. The predicted molar refractivity (Wildman–Crippen MR) is 64.2 cm³/mol. The maximum absolute atomic E-state index is 9.92. The molecule has 88 valence electrons. The van der Waals surface area contributed by atoms with Crippen molar-refractivity contribution in [3.63, 3.8) is 0 Å². The molecule has 0 radical (unpaired) electrons. The third kappa shape index (κ3) is 1.80. The van der Waals surface area contributed by atoms with Crippen molar-refractivity contribution < 1.29 is 5.11 Å². The summed E-state index contributed by atoms with van der Waals surface area (Å²) in [6, 6.07) is 2.12. The number of fused-ring (bicyclic) bond motifs is 1. The molecule has 1 fully saturated rings. The van der Waals surface area contributed by atoms with Gasteiger partial charge in [0, 0.05) is 24.0 Å². The molecule has 1 aromatic rings. The summed E-state index contributed by atoms with van der Waals surface area (Å²) in [5.41, 5.74) is 2.58. The Bertz CT molecular complexity index is 378. The molecule has 2 unspecified atom stereocenters. The monoisotopic (exact) mass is 219 g/mol. The van der Waals surface area contributed by atoms with Crippen LogP contribution < -0.4 is 0 Å². The van der Waals surface area contributed by atoms with Crippen LogP contribution in [-0.2, 0) is 13.0 Å². The van der Waals surface area contributed by atoms with Gasteiger partial charge in [0.15, 0.2) is 0 Å². The zero-order valence-corrected chi connectivity index (χ0v) is 10.0. The van der Waals surface area contributed by atoms with Crippen molar-refractivity contribution in [3.05, 3.63) is 23.5 Å². The molecular formula is C14H21NO. The van der Waals surface area contributed by atoms with E-state index in [0.717, 1.165) is 37.6 Å². The first-order chi connectivity index (χ1) is 7.75. The first kappa shape index (κ1) is 10.4. The van der Waals surface area contributed by atoms with Gasteiger partial charge in [-0.1, -0.05) is 6.92 Å². The van der Waals surface area contributed by atoms with E-state index < -0.39 is 0 Å². The van der Waals surface area contributed by atoms with E-state index in [-0.39, 0.29) is 6.10 Å². The highest BCUT2D eigenvalue weighted by molar-refractivity contribution is 5.27. The summed E-state index contributed by atoms with van der Waals surface area (Å²) < 4.78 is 2.39. The molecule has 0 saturated heterocycles. The van der Waals surface area contributed by atoms with Gasteiger partial charge in [-0.2, -0.15) is 0 Å². The Hall–Kier alpha value is -0.760. The summed E-state index contributed by atoms with van der Waals surface area (Å²) in [4.78, 5) is 0. The summed E-state index contributed by atoms with van der Waals surface area (Å²) in [6.45, 7) is 3.51. The molecule has 1 aromatic heterocycles. The molecule has 2 heteroatoms. The molecular weight excluding hydrogens is 198 g/mol. The van der Waals surface area contributed by atoms with Gasteiger partial charge in [0.1, 0.15) is 0 Å².